The lowest BCUT2D eigenvalue weighted by Gasteiger charge is -2.16. The smallest absolute Gasteiger partial charge is 0.0801 e. The third-order valence-corrected chi connectivity index (χ3v) is 3.39. The van der Waals surface area contributed by atoms with Gasteiger partial charge < -0.3 is 0 Å². The monoisotopic (exact) mass is 231 g/mol. The molecule has 84 valence electrons. The van der Waals surface area contributed by atoms with Gasteiger partial charge in [-0.2, -0.15) is 0 Å². The summed E-state index contributed by atoms with van der Waals surface area (Å²) in [6.07, 6.45) is 2.98. The molecule has 0 radical (unpaired) electrons. The lowest BCUT2D eigenvalue weighted by atomic mass is 9.92. The first-order valence-electron chi connectivity index (χ1n) is 5.55. The Morgan fingerprint density at radius 2 is 1.94 bits per heavy atom. The van der Waals surface area contributed by atoms with E-state index in [0.29, 0.717) is 5.41 Å². The molecule has 0 amide bonds. The second-order valence-corrected chi connectivity index (χ2v) is 6.39. The molecular weight excluding hydrogens is 214 g/mol. The van der Waals surface area contributed by atoms with Gasteiger partial charge in [0.25, 0.3) is 0 Å². The maximum absolute atomic E-state index is 4.37. The summed E-state index contributed by atoms with van der Waals surface area (Å²) < 4.78 is 0. The second kappa shape index (κ2) is 4.38. The van der Waals surface area contributed by atoms with Crippen molar-refractivity contribution in [2.45, 2.75) is 27.2 Å². The van der Waals surface area contributed by atoms with Crippen LogP contribution in [-0.2, 0) is 6.42 Å². The fourth-order valence-corrected chi connectivity index (χ4v) is 2.93. The third kappa shape index (κ3) is 2.92. The van der Waals surface area contributed by atoms with Crippen molar-refractivity contribution < 1.29 is 0 Å². The van der Waals surface area contributed by atoms with Crippen LogP contribution < -0.4 is 0 Å². The molecule has 0 saturated heterocycles. The van der Waals surface area contributed by atoms with Crippen LogP contribution in [-0.4, -0.2) is 4.98 Å². The Morgan fingerprint density at radius 1 is 1.12 bits per heavy atom. The topological polar surface area (TPSA) is 12.9 Å². The van der Waals surface area contributed by atoms with Crippen molar-refractivity contribution in [3.8, 4) is 10.6 Å². The van der Waals surface area contributed by atoms with E-state index >= 15 is 0 Å². The summed E-state index contributed by atoms with van der Waals surface area (Å²) >= 11 is 1.85. The van der Waals surface area contributed by atoms with Crippen molar-refractivity contribution in [1.82, 2.24) is 4.98 Å². The van der Waals surface area contributed by atoms with E-state index in [-0.39, 0.29) is 0 Å². The van der Waals surface area contributed by atoms with Gasteiger partial charge in [-0.3, -0.25) is 4.98 Å². The Bertz CT molecular complexity index is 451. The van der Waals surface area contributed by atoms with E-state index in [1.54, 1.807) is 0 Å². The number of rotatable bonds is 2. The molecule has 2 aromatic heterocycles. The second-order valence-electron chi connectivity index (χ2n) is 5.22. The van der Waals surface area contributed by atoms with Gasteiger partial charge in [0.2, 0.25) is 0 Å². The van der Waals surface area contributed by atoms with Gasteiger partial charge in [-0.25, -0.2) is 0 Å². The maximum atomic E-state index is 4.37. The molecule has 0 fully saturated rings. The lowest BCUT2D eigenvalue weighted by molar-refractivity contribution is 0.414. The Morgan fingerprint density at radius 3 is 2.56 bits per heavy atom. The average molecular weight is 231 g/mol. The van der Waals surface area contributed by atoms with Crippen LogP contribution in [0, 0.1) is 5.41 Å². The van der Waals surface area contributed by atoms with Crippen molar-refractivity contribution in [3.63, 3.8) is 0 Å². The minimum Gasteiger partial charge on any atom is -0.255 e. The van der Waals surface area contributed by atoms with Crippen molar-refractivity contribution >= 4 is 11.3 Å². The fraction of sp³-hybridized carbons (Fsp3) is 0.357. The van der Waals surface area contributed by atoms with E-state index in [1.807, 2.05) is 29.7 Å². The summed E-state index contributed by atoms with van der Waals surface area (Å²) in [6, 6.07) is 10.4. The maximum Gasteiger partial charge on any atom is 0.0801 e. The van der Waals surface area contributed by atoms with Gasteiger partial charge in [0, 0.05) is 11.1 Å². The molecule has 0 saturated carbocycles. The third-order valence-electron chi connectivity index (χ3n) is 2.28. The van der Waals surface area contributed by atoms with Crippen LogP contribution >= 0.6 is 11.3 Å². The summed E-state index contributed by atoms with van der Waals surface area (Å²) in [4.78, 5) is 7.07. The molecule has 1 nitrogen and oxygen atoms in total. The summed E-state index contributed by atoms with van der Waals surface area (Å²) in [7, 11) is 0. The van der Waals surface area contributed by atoms with E-state index < -0.39 is 0 Å². The molecule has 0 atom stereocenters. The molecule has 2 heteroatoms. The first-order chi connectivity index (χ1) is 7.54. The van der Waals surface area contributed by atoms with Crippen LogP contribution in [0.15, 0.2) is 36.5 Å². The van der Waals surface area contributed by atoms with Gasteiger partial charge in [0.1, 0.15) is 0 Å². The van der Waals surface area contributed by atoms with Crippen LogP contribution in [0.25, 0.3) is 10.6 Å². The zero-order valence-electron chi connectivity index (χ0n) is 10.0. The van der Waals surface area contributed by atoms with Crippen molar-refractivity contribution in [3.05, 3.63) is 41.4 Å². The molecule has 0 aliphatic rings. The molecule has 0 aromatic carbocycles. The van der Waals surface area contributed by atoms with Crippen molar-refractivity contribution in [1.29, 1.82) is 0 Å². The Kier molecular flexibility index (Phi) is 3.10. The Hall–Kier alpha value is -1.15. The van der Waals surface area contributed by atoms with Crippen LogP contribution in [0.4, 0.5) is 0 Å². The lowest BCUT2D eigenvalue weighted by Crippen LogP contribution is -2.07. The molecule has 0 aliphatic heterocycles. The molecule has 0 bridgehead atoms. The highest BCUT2D eigenvalue weighted by Gasteiger charge is 2.13. The van der Waals surface area contributed by atoms with Crippen LogP contribution in [0.5, 0.6) is 0 Å². The molecule has 2 heterocycles. The number of thiophene rings is 1. The highest BCUT2D eigenvalue weighted by Crippen LogP contribution is 2.30. The molecule has 2 rings (SSSR count). The average Bonchev–Trinajstić information content (AvgIpc) is 2.65. The predicted octanol–water partition coefficient (Wildman–Crippen LogP) is 4.40. The highest BCUT2D eigenvalue weighted by molar-refractivity contribution is 7.15. The largest absolute Gasteiger partial charge is 0.255 e. The summed E-state index contributed by atoms with van der Waals surface area (Å²) in [6.45, 7) is 6.81. The van der Waals surface area contributed by atoms with Crippen LogP contribution in [0.2, 0.25) is 0 Å². The van der Waals surface area contributed by atoms with Gasteiger partial charge >= 0.3 is 0 Å². The Labute approximate surface area is 101 Å². The van der Waals surface area contributed by atoms with Crippen LogP contribution in [0.1, 0.15) is 25.6 Å². The van der Waals surface area contributed by atoms with Gasteiger partial charge in [-0.1, -0.05) is 26.8 Å². The molecular formula is C14H17NS. The highest BCUT2D eigenvalue weighted by atomic mass is 32.1. The van der Waals surface area contributed by atoms with E-state index in [4.69, 9.17) is 0 Å². The molecule has 0 unspecified atom stereocenters. The zero-order chi connectivity index (χ0) is 11.6. The zero-order valence-corrected chi connectivity index (χ0v) is 10.8. The number of hydrogen-bond donors (Lipinski definition) is 0. The number of nitrogens with zero attached hydrogens (tertiary/aromatic N) is 1. The van der Waals surface area contributed by atoms with E-state index in [1.165, 1.54) is 9.75 Å². The summed E-state index contributed by atoms with van der Waals surface area (Å²) in [5.41, 5.74) is 1.43. The van der Waals surface area contributed by atoms with Gasteiger partial charge in [0.15, 0.2) is 0 Å². The Balaban J connectivity index is 2.21. The van der Waals surface area contributed by atoms with Gasteiger partial charge in [0.05, 0.1) is 10.6 Å². The van der Waals surface area contributed by atoms with E-state index in [2.05, 4.69) is 44.0 Å². The standard InChI is InChI=1S/C14H17NS/c1-14(2,3)10-11-7-8-13(16-11)12-6-4-5-9-15-12/h4-9H,10H2,1-3H3. The minimum absolute atomic E-state index is 0.353. The van der Waals surface area contributed by atoms with Crippen LogP contribution in [0.3, 0.4) is 0 Å². The molecule has 0 aliphatic carbocycles. The number of aromatic nitrogens is 1. The molecule has 0 N–H and O–H groups in total. The molecule has 16 heavy (non-hydrogen) atoms. The fourth-order valence-electron chi connectivity index (χ4n) is 1.64. The molecule has 0 spiro atoms. The number of pyridine rings is 1. The quantitative estimate of drug-likeness (QED) is 0.746. The predicted molar refractivity (Wildman–Crippen MR) is 70.7 cm³/mol. The SMILES string of the molecule is CC(C)(C)Cc1ccc(-c2ccccn2)s1. The summed E-state index contributed by atoms with van der Waals surface area (Å²) in [5.74, 6) is 0. The van der Waals surface area contributed by atoms with Gasteiger partial charge in [-0.15, -0.1) is 11.3 Å². The van der Waals surface area contributed by atoms with Crippen molar-refractivity contribution in [2.24, 2.45) is 5.41 Å². The van der Waals surface area contributed by atoms with E-state index in [9.17, 15) is 0 Å². The number of hydrogen-bond acceptors (Lipinski definition) is 2. The van der Waals surface area contributed by atoms with Crippen molar-refractivity contribution in [2.75, 3.05) is 0 Å². The minimum atomic E-state index is 0.353. The van der Waals surface area contributed by atoms with E-state index in [0.717, 1.165) is 12.1 Å². The van der Waals surface area contributed by atoms with Gasteiger partial charge in [-0.05, 0) is 36.1 Å². The first kappa shape index (κ1) is 11.3. The summed E-state index contributed by atoms with van der Waals surface area (Å²) in [5, 5.41) is 0. The first-order valence-corrected chi connectivity index (χ1v) is 6.36. The normalized spacial score (nSPS) is 11.7. The molecule has 2 aromatic rings.